The number of benzene rings is 1. The number of nitrogens with zero attached hydrogens (tertiary/aromatic N) is 2. The van der Waals surface area contributed by atoms with Crippen LogP contribution in [0.2, 0.25) is 0 Å². The Morgan fingerprint density at radius 3 is 2.63 bits per heavy atom. The first-order chi connectivity index (χ1) is 14.1. The number of hydrogen-bond donors (Lipinski definition) is 0. The van der Waals surface area contributed by atoms with E-state index in [1.165, 1.54) is 36.7 Å². The number of fused-ring (bicyclic) bond motifs is 1. The lowest BCUT2D eigenvalue weighted by Gasteiger charge is -2.11. The van der Waals surface area contributed by atoms with Gasteiger partial charge in [-0.25, -0.2) is 4.79 Å². The number of carbonyl (C=O) groups is 1. The molecule has 10 heteroatoms. The van der Waals surface area contributed by atoms with Gasteiger partial charge in [-0.3, -0.25) is 18.7 Å². The maximum absolute atomic E-state index is 12.8. The van der Waals surface area contributed by atoms with E-state index in [-0.39, 0.29) is 25.3 Å². The van der Waals surface area contributed by atoms with Gasteiger partial charge in [0.05, 0.1) is 12.3 Å². The molecule has 2 aromatic rings. The highest BCUT2D eigenvalue weighted by Gasteiger charge is 2.31. The minimum atomic E-state index is -4.81. The first-order valence-corrected chi connectivity index (χ1v) is 9.09. The summed E-state index contributed by atoms with van der Waals surface area (Å²) in [6.45, 7) is 1.43. The summed E-state index contributed by atoms with van der Waals surface area (Å²) >= 11 is 0. The molecule has 1 aliphatic rings. The summed E-state index contributed by atoms with van der Waals surface area (Å²) < 4.78 is 48.6. The number of rotatable bonds is 6. The molecular weight excluding hydrogens is 405 g/mol. The Morgan fingerprint density at radius 1 is 1.23 bits per heavy atom. The van der Waals surface area contributed by atoms with Crippen LogP contribution in [-0.4, -0.2) is 28.1 Å². The number of ether oxygens (including phenoxy) is 2. The lowest BCUT2D eigenvalue weighted by molar-refractivity contribution is -0.274. The second kappa shape index (κ2) is 8.21. The van der Waals surface area contributed by atoms with Gasteiger partial charge in [0, 0.05) is 32.5 Å². The lowest BCUT2D eigenvalue weighted by Crippen LogP contribution is -2.41. The van der Waals surface area contributed by atoms with E-state index in [1.807, 2.05) is 0 Å². The average Bonchev–Trinajstić information content (AvgIpc) is 3.10. The van der Waals surface area contributed by atoms with Crippen molar-refractivity contribution in [1.82, 2.24) is 9.13 Å². The van der Waals surface area contributed by atoms with Crippen LogP contribution in [0.4, 0.5) is 13.2 Å². The Morgan fingerprint density at radius 2 is 1.97 bits per heavy atom. The fraction of sp³-hybridized carbons (Fsp3) is 0.350. The van der Waals surface area contributed by atoms with Crippen molar-refractivity contribution in [3.05, 3.63) is 61.9 Å². The number of alkyl halides is 3. The fourth-order valence-electron chi connectivity index (χ4n) is 3.32. The molecule has 3 rings (SSSR count). The molecule has 1 heterocycles. The third-order valence-electron chi connectivity index (χ3n) is 4.64. The summed E-state index contributed by atoms with van der Waals surface area (Å²) in [5, 5.41) is 0. The smallest absolute Gasteiger partial charge is 0.466 e. The zero-order chi connectivity index (χ0) is 22.1. The highest BCUT2D eigenvalue weighted by Crippen LogP contribution is 2.32. The summed E-state index contributed by atoms with van der Waals surface area (Å²) in [6.07, 6.45) is -2.73. The van der Waals surface area contributed by atoms with Gasteiger partial charge in [0.15, 0.2) is 0 Å². The minimum Gasteiger partial charge on any atom is -0.466 e. The number of esters is 1. The third kappa shape index (κ3) is 4.64. The van der Waals surface area contributed by atoms with Crippen molar-refractivity contribution < 1.29 is 27.4 Å². The van der Waals surface area contributed by atoms with Crippen molar-refractivity contribution in [3.8, 4) is 5.75 Å². The van der Waals surface area contributed by atoms with Gasteiger partial charge in [0.2, 0.25) is 0 Å². The summed E-state index contributed by atoms with van der Waals surface area (Å²) in [5.74, 6) is -0.816. The lowest BCUT2D eigenvalue weighted by atomic mass is 10.0. The van der Waals surface area contributed by atoms with Gasteiger partial charge in [-0.05, 0) is 35.8 Å². The van der Waals surface area contributed by atoms with Gasteiger partial charge in [0.25, 0.3) is 5.56 Å². The summed E-state index contributed by atoms with van der Waals surface area (Å²) in [5.41, 5.74) is 0.863. The molecule has 0 atom stereocenters. The fourth-order valence-corrected chi connectivity index (χ4v) is 3.32. The number of carbonyl (C=O) groups excluding carboxylic acids is 1. The quantitative estimate of drug-likeness (QED) is 0.526. The minimum absolute atomic E-state index is 0.0797. The van der Waals surface area contributed by atoms with Crippen molar-refractivity contribution in [3.63, 3.8) is 0 Å². The van der Waals surface area contributed by atoms with Crippen molar-refractivity contribution in [2.45, 2.75) is 32.7 Å². The van der Waals surface area contributed by atoms with Crippen molar-refractivity contribution in [2.24, 2.45) is 7.05 Å². The topological polar surface area (TPSA) is 79.5 Å². The van der Waals surface area contributed by atoms with Gasteiger partial charge < -0.3 is 9.47 Å². The van der Waals surface area contributed by atoms with Crippen LogP contribution in [-0.2, 0) is 29.5 Å². The second-order valence-electron chi connectivity index (χ2n) is 6.78. The predicted molar refractivity (Wildman–Crippen MR) is 102 cm³/mol. The van der Waals surface area contributed by atoms with E-state index in [2.05, 4.69) is 4.74 Å². The van der Waals surface area contributed by atoms with E-state index in [0.29, 0.717) is 28.8 Å². The molecule has 0 saturated heterocycles. The van der Waals surface area contributed by atoms with Crippen LogP contribution < -0.4 is 16.0 Å². The standard InChI is InChI=1S/C20H19F3N2O5/c1-12(26)29-8-4-7-25-18(27)16-10-14(11-17(16)24(2)19(25)28)13-5-3-6-15(9-13)30-20(21,22)23/h3,5-6,9,11H,4,7-8,10H2,1-2H3. The van der Waals surface area contributed by atoms with E-state index < -0.39 is 23.6 Å². The van der Waals surface area contributed by atoms with E-state index in [4.69, 9.17) is 4.74 Å². The molecule has 0 aliphatic heterocycles. The molecule has 0 unspecified atom stereocenters. The molecule has 1 aromatic heterocycles. The molecule has 1 aromatic carbocycles. The van der Waals surface area contributed by atoms with E-state index in [9.17, 15) is 27.6 Å². The number of hydrogen-bond acceptors (Lipinski definition) is 5. The Hall–Kier alpha value is -3.30. The van der Waals surface area contributed by atoms with E-state index >= 15 is 0 Å². The SMILES string of the molecule is CC(=O)OCCCn1c(=O)c2c(n(C)c1=O)C=C(c1cccc(OC(F)(F)F)c1)C2. The Balaban J connectivity index is 1.88. The summed E-state index contributed by atoms with van der Waals surface area (Å²) in [6, 6.07) is 5.45. The number of allylic oxidation sites excluding steroid dienone is 1. The van der Waals surface area contributed by atoms with Gasteiger partial charge in [-0.15, -0.1) is 13.2 Å². The average molecular weight is 424 g/mol. The Labute approximate surface area is 169 Å². The molecule has 0 saturated carbocycles. The van der Waals surface area contributed by atoms with Crippen LogP contribution in [0.5, 0.6) is 5.75 Å². The molecule has 7 nitrogen and oxygen atoms in total. The van der Waals surface area contributed by atoms with Crippen LogP contribution in [0.1, 0.15) is 30.2 Å². The van der Waals surface area contributed by atoms with E-state index in [1.54, 1.807) is 12.1 Å². The number of halogens is 3. The monoisotopic (exact) mass is 424 g/mol. The molecule has 160 valence electrons. The first-order valence-electron chi connectivity index (χ1n) is 9.09. The molecule has 0 bridgehead atoms. The molecule has 0 radical (unpaired) electrons. The van der Waals surface area contributed by atoms with Crippen LogP contribution >= 0.6 is 0 Å². The highest BCUT2D eigenvalue weighted by atomic mass is 19.4. The number of aromatic nitrogens is 2. The zero-order valence-corrected chi connectivity index (χ0v) is 16.3. The van der Waals surface area contributed by atoms with Crippen molar-refractivity contribution >= 4 is 17.6 Å². The van der Waals surface area contributed by atoms with Gasteiger partial charge in [0.1, 0.15) is 5.75 Å². The first kappa shape index (κ1) is 21.4. The molecule has 1 aliphatic carbocycles. The normalized spacial score (nSPS) is 13.0. The maximum atomic E-state index is 12.8. The molecule has 0 spiro atoms. The summed E-state index contributed by atoms with van der Waals surface area (Å²) in [4.78, 5) is 36.2. The molecule has 0 amide bonds. The van der Waals surface area contributed by atoms with E-state index in [0.717, 1.165) is 4.57 Å². The predicted octanol–water partition coefficient (Wildman–Crippen LogP) is 2.50. The third-order valence-corrected chi connectivity index (χ3v) is 4.64. The molecule has 30 heavy (non-hydrogen) atoms. The second-order valence-corrected chi connectivity index (χ2v) is 6.78. The van der Waals surface area contributed by atoms with Gasteiger partial charge in [-0.1, -0.05) is 12.1 Å². The molecular formula is C20H19F3N2O5. The Bertz CT molecular complexity index is 1130. The van der Waals surface area contributed by atoms with Crippen LogP contribution in [0.3, 0.4) is 0 Å². The molecule has 0 N–H and O–H groups in total. The van der Waals surface area contributed by atoms with Crippen LogP contribution in [0.15, 0.2) is 33.9 Å². The zero-order valence-electron chi connectivity index (χ0n) is 16.3. The van der Waals surface area contributed by atoms with Gasteiger partial charge in [-0.2, -0.15) is 0 Å². The van der Waals surface area contributed by atoms with Crippen LogP contribution in [0, 0.1) is 0 Å². The highest BCUT2D eigenvalue weighted by molar-refractivity contribution is 5.87. The van der Waals surface area contributed by atoms with Gasteiger partial charge >= 0.3 is 18.0 Å². The van der Waals surface area contributed by atoms with Crippen LogP contribution in [0.25, 0.3) is 11.6 Å². The maximum Gasteiger partial charge on any atom is 0.573 e. The molecule has 0 fully saturated rings. The van der Waals surface area contributed by atoms with Crippen molar-refractivity contribution in [2.75, 3.05) is 6.61 Å². The van der Waals surface area contributed by atoms with Crippen molar-refractivity contribution in [1.29, 1.82) is 0 Å². The Kier molecular flexibility index (Phi) is 5.86. The largest absolute Gasteiger partial charge is 0.573 e. The summed E-state index contributed by atoms with van der Waals surface area (Å²) in [7, 11) is 1.52.